The summed E-state index contributed by atoms with van der Waals surface area (Å²) in [7, 11) is -3.53. The van der Waals surface area contributed by atoms with E-state index in [1.54, 1.807) is 37.3 Å². The van der Waals surface area contributed by atoms with Crippen LogP contribution < -0.4 is 5.32 Å². The minimum absolute atomic E-state index is 0.164. The van der Waals surface area contributed by atoms with Crippen molar-refractivity contribution < 1.29 is 22.5 Å². The molecule has 1 N–H and O–H groups in total. The third kappa shape index (κ3) is 5.04. The van der Waals surface area contributed by atoms with Crippen molar-refractivity contribution in [2.24, 2.45) is 0 Å². The van der Waals surface area contributed by atoms with Crippen LogP contribution >= 0.6 is 0 Å². The van der Waals surface area contributed by atoms with Crippen molar-refractivity contribution in [1.82, 2.24) is 14.4 Å². The number of morpholine rings is 1. The van der Waals surface area contributed by atoms with E-state index in [-0.39, 0.29) is 17.2 Å². The average molecular weight is 457 g/mol. The zero-order chi connectivity index (χ0) is 22.6. The molecule has 2 heterocycles. The molecular formula is C22H24N4O5S. The van der Waals surface area contributed by atoms with Crippen LogP contribution in [-0.4, -0.2) is 55.1 Å². The van der Waals surface area contributed by atoms with Crippen LogP contribution in [-0.2, 0) is 26.0 Å². The van der Waals surface area contributed by atoms with Gasteiger partial charge < -0.3 is 14.6 Å². The maximum atomic E-state index is 12.7. The van der Waals surface area contributed by atoms with Gasteiger partial charge in [0.15, 0.2) is 0 Å². The molecule has 0 atom stereocenters. The minimum Gasteiger partial charge on any atom is -0.379 e. The number of rotatable bonds is 7. The highest BCUT2D eigenvalue weighted by Gasteiger charge is 2.26. The van der Waals surface area contributed by atoms with Crippen molar-refractivity contribution >= 4 is 21.6 Å². The Balaban J connectivity index is 1.37. The average Bonchev–Trinajstić information content (AvgIpc) is 3.25. The molecule has 1 aliphatic rings. The van der Waals surface area contributed by atoms with Gasteiger partial charge in [-0.1, -0.05) is 29.4 Å². The first kappa shape index (κ1) is 22.1. The number of para-hydroxylation sites is 1. The molecule has 1 saturated heterocycles. The number of carbonyl (C=O) groups is 1. The lowest BCUT2D eigenvalue weighted by Crippen LogP contribution is -2.40. The molecule has 32 heavy (non-hydrogen) atoms. The number of nitrogens with one attached hydrogen (secondary N) is 1. The van der Waals surface area contributed by atoms with Gasteiger partial charge >= 0.3 is 0 Å². The normalized spacial score (nSPS) is 14.9. The summed E-state index contributed by atoms with van der Waals surface area (Å²) in [5.74, 6) is 0.693. The quantitative estimate of drug-likeness (QED) is 0.581. The van der Waals surface area contributed by atoms with E-state index >= 15 is 0 Å². The van der Waals surface area contributed by atoms with Gasteiger partial charge in [0, 0.05) is 32.0 Å². The van der Waals surface area contributed by atoms with Crippen LogP contribution in [0.1, 0.15) is 17.9 Å². The van der Waals surface area contributed by atoms with Gasteiger partial charge in [-0.15, -0.1) is 0 Å². The number of carbonyl (C=O) groups excluding carboxylic acids is 1. The van der Waals surface area contributed by atoms with Crippen molar-refractivity contribution in [3.8, 4) is 11.4 Å². The van der Waals surface area contributed by atoms with Gasteiger partial charge in [0.05, 0.1) is 23.8 Å². The van der Waals surface area contributed by atoms with Gasteiger partial charge in [-0.2, -0.15) is 9.29 Å². The zero-order valence-electron chi connectivity index (χ0n) is 17.7. The first-order valence-electron chi connectivity index (χ1n) is 10.3. The molecule has 0 bridgehead atoms. The summed E-state index contributed by atoms with van der Waals surface area (Å²) in [5.41, 5.74) is 2.16. The van der Waals surface area contributed by atoms with Crippen LogP contribution in [0, 0.1) is 6.92 Å². The molecule has 0 radical (unpaired) electrons. The third-order valence-corrected chi connectivity index (χ3v) is 7.05. The number of ether oxygens (including phenoxy) is 1. The molecule has 1 fully saturated rings. The van der Waals surface area contributed by atoms with Crippen molar-refractivity contribution in [3.63, 3.8) is 0 Å². The van der Waals surface area contributed by atoms with Crippen molar-refractivity contribution in [1.29, 1.82) is 0 Å². The molecular weight excluding hydrogens is 432 g/mol. The van der Waals surface area contributed by atoms with Gasteiger partial charge in [0.1, 0.15) is 0 Å². The molecule has 4 rings (SSSR count). The summed E-state index contributed by atoms with van der Waals surface area (Å²) < 4.78 is 37.1. The standard InChI is InChI=1S/C22H24N4O5S/c1-16-23-22(25-31-16)19-4-2-3-5-20(19)24-21(27)11-8-17-6-9-18(10-7-17)32(28,29)26-12-14-30-15-13-26/h2-7,9-10H,8,11-15H2,1H3,(H,24,27). The van der Waals surface area contributed by atoms with Crippen LogP contribution in [0.5, 0.6) is 0 Å². The molecule has 168 valence electrons. The van der Waals surface area contributed by atoms with E-state index in [0.29, 0.717) is 55.7 Å². The fourth-order valence-electron chi connectivity index (χ4n) is 3.43. The second kappa shape index (κ2) is 9.60. The molecule has 3 aromatic rings. The Hall–Kier alpha value is -3.08. The van der Waals surface area contributed by atoms with Crippen LogP contribution in [0.15, 0.2) is 57.9 Å². The highest BCUT2D eigenvalue weighted by Crippen LogP contribution is 2.25. The summed E-state index contributed by atoms with van der Waals surface area (Å²) >= 11 is 0. The lowest BCUT2D eigenvalue weighted by atomic mass is 10.1. The van der Waals surface area contributed by atoms with E-state index < -0.39 is 10.0 Å². The maximum absolute atomic E-state index is 12.7. The molecule has 0 spiro atoms. The highest BCUT2D eigenvalue weighted by atomic mass is 32.2. The summed E-state index contributed by atoms with van der Waals surface area (Å²) in [6, 6.07) is 13.9. The van der Waals surface area contributed by atoms with Crippen molar-refractivity contribution in [3.05, 3.63) is 60.0 Å². The Morgan fingerprint density at radius 1 is 1.09 bits per heavy atom. The van der Waals surface area contributed by atoms with Gasteiger partial charge in [0.25, 0.3) is 0 Å². The van der Waals surface area contributed by atoms with Gasteiger partial charge in [-0.05, 0) is 36.2 Å². The molecule has 0 aliphatic carbocycles. The predicted molar refractivity (Wildman–Crippen MR) is 117 cm³/mol. The Bertz CT molecular complexity index is 1190. The Morgan fingerprint density at radius 3 is 2.50 bits per heavy atom. The number of sulfonamides is 1. The largest absolute Gasteiger partial charge is 0.379 e. The summed E-state index contributed by atoms with van der Waals surface area (Å²) in [6.45, 7) is 3.23. The highest BCUT2D eigenvalue weighted by molar-refractivity contribution is 7.89. The molecule has 1 aromatic heterocycles. The topological polar surface area (TPSA) is 115 Å². The number of hydrogen-bond donors (Lipinski definition) is 1. The van der Waals surface area contributed by atoms with Crippen LogP contribution in [0.4, 0.5) is 5.69 Å². The van der Waals surface area contributed by atoms with Crippen LogP contribution in [0.3, 0.4) is 0 Å². The van der Waals surface area contributed by atoms with Gasteiger partial charge in [-0.25, -0.2) is 8.42 Å². The second-order valence-electron chi connectivity index (χ2n) is 7.39. The van der Waals surface area contributed by atoms with E-state index in [4.69, 9.17) is 9.26 Å². The molecule has 1 aliphatic heterocycles. The van der Waals surface area contributed by atoms with Crippen molar-refractivity contribution in [2.75, 3.05) is 31.6 Å². The fraction of sp³-hybridized carbons (Fsp3) is 0.318. The number of benzene rings is 2. The van der Waals surface area contributed by atoms with Crippen LogP contribution in [0.25, 0.3) is 11.4 Å². The van der Waals surface area contributed by atoms with E-state index in [0.717, 1.165) is 5.56 Å². The SMILES string of the molecule is Cc1nc(-c2ccccc2NC(=O)CCc2ccc(S(=O)(=O)N3CCOCC3)cc2)no1. The zero-order valence-corrected chi connectivity index (χ0v) is 18.5. The number of hydrogen-bond acceptors (Lipinski definition) is 7. The van der Waals surface area contributed by atoms with E-state index in [1.807, 2.05) is 18.2 Å². The van der Waals surface area contributed by atoms with E-state index in [9.17, 15) is 13.2 Å². The Morgan fingerprint density at radius 2 is 1.81 bits per heavy atom. The lowest BCUT2D eigenvalue weighted by Gasteiger charge is -2.26. The number of nitrogens with zero attached hydrogens (tertiary/aromatic N) is 3. The van der Waals surface area contributed by atoms with Gasteiger partial charge in [0.2, 0.25) is 27.6 Å². The number of aryl methyl sites for hydroxylation is 2. The maximum Gasteiger partial charge on any atom is 0.243 e. The molecule has 0 saturated carbocycles. The predicted octanol–water partition coefficient (Wildman–Crippen LogP) is 2.64. The monoisotopic (exact) mass is 456 g/mol. The number of amides is 1. The van der Waals surface area contributed by atoms with E-state index in [2.05, 4.69) is 15.5 Å². The second-order valence-corrected chi connectivity index (χ2v) is 9.33. The number of aromatic nitrogens is 2. The molecule has 0 unspecified atom stereocenters. The first-order chi connectivity index (χ1) is 15.4. The summed E-state index contributed by atoms with van der Waals surface area (Å²) in [5, 5.41) is 6.80. The van der Waals surface area contributed by atoms with Crippen LogP contribution in [0.2, 0.25) is 0 Å². The lowest BCUT2D eigenvalue weighted by molar-refractivity contribution is -0.116. The first-order valence-corrected chi connectivity index (χ1v) is 11.7. The molecule has 10 heteroatoms. The number of anilines is 1. The Kier molecular flexibility index (Phi) is 6.63. The molecule has 2 aromatic carbocycles. The smallest absolute Gasteiger partial charge is 0.243 e. The van der Waals surface area contributed by atoms with Gasteiger partial charge in [-0.3, -0.25) is 4.79 Å². The fourth-order valence-corrected chi connectivity index (χ4v) is 4.84. The minimum atomic E-state index is -3.53. The summed E-state index contributed by atoms with van der Waals surface area (Å²) in [6.07, 6.45) is 0.725. The Labute approximate surface area is 186 Å². The summed E-state index contributed by atoms with van der Waals surface area (Å²) in [4.78, 5) is 17.0. The third-order valence-electron chi connectivity index (χ3n) is 5.14. The molecule has 1 amide bonds. The molecule has 9 nitrogen and oxygen atoms in total. The van der Waals surface area contributed by atoms with Crippen molar-refractivity contribution in [2.45, 2.75) is 24.7 Å². The van der Waals surface area contributed by atoms with E-state index in [1.165, 1.54) is 4.31 Å².